The molecule has 0 amide bonds. The van der Waals surface area contributed by atoms with Gasteiger partial charge in [0.05, 0.1) is 0 Å². The van der Waals surface area contributed by atoms with Crippen LogP contribution in [0.25, 0.3) is 0 Å². The Morgan fingerprint density at radius 2 is 2.29 bits per heavy atom. The van der Waals surface area contributed by atoms with E-state index in [2.05, 4.69) is 17.1 Å². The van der Waals surface area contributed by atoms with Gasteiger partial charge in [0.25, 0.3) is 0 Å². The van der Waals surface area contributed by atoms with E-state index in [-0.39, 0.29) is 5.84 Å². The number of rotatable bonds is 5. The molecule has 0 aliphatic carbocycles. The molecule has 0 unspecified atom stereocenters. The lowest BCUT2D eigenvalue weighted by atomic mass is 10.1. The summed E-state index contributed by atoms with van der Waals surface area (Å²) >= 11 is 6.09. The number of nitrogens with one attached hydrogen (secondary N) is 1. The van der Waals surface area contributed by atoms with E-state index in [1.807, 2.05) is 13.0 Å². The van der Waals surface area contributed by atoms with E-state index >= 15 is 0 Å². The van der Waals surface area contributed by atoms with Gasteiger partial charge >= 0.3 is 0 Å². The molecule has 1 aromatic rings. The van der Waals surface area contributed by atoms with Crippen molar-refractivity contribution < 1.29 is 5.21 Å². The summed E-state index contributed by atoms with van der Waals surface area (Å²) in [7, 11) is 0. The third-order valence-corrected chi connectivity index (χ3v) is 2.55. The minimum Gasteiger partial charge on any atom is -0.409 e. The first-order valence-corrected chi connectivity index (χ1v) is 5.54. The fraction of sp³-hybridized carbons (Fsp3) is 0.250. The van der Waals surface area contributed by atoms with Crippen molar-refractivity contribution in [2.45, 2.75) is 13.5 Å². The second-order valence-corrected chi connectivity index (χ2v) is 4.26. The van der Waals surface area contributed by atoms with Crippen LogP contribution in [-0.2, 0) is 6.54 Å². The molecule has 5 heteroatoms. The molecule has 0 heterocycles. The van der Waals surface area contributed by atoms with Crippen LogP contribution in [0.4, 0.5) is 0 Å². The second kappa shape index (κ2) is 6.27. The van der Waals surface area contributed by atoms with Gasteiger partial charge in [-0.05, 0) is 18.6 Å². The highest BCUT2D eigenvalue weighted by molar-refractivity contribution is 6.31. The highest BCUT2D eigenvalue weighted by atomic mass is 35.5. The molecular weight excluding hydrogens is 238 g/mol. The predicted molar refractivity (Wildman–Crippen MR) is 70.5 cm³/mol. The van der Waals surface area contributed by atoms with Gasteiger partial charge in [-0.1, -0.05) is 41.0 Å². The summed E-state index contributed by atoms with van der Waals surface area (Å²) in [5, 5.41) is 15.3. The Labute approximate surface area is 106 Å². The van der Waals surface area contributed by atoms with Crippen LogP contribution in [0, 0.1) is 0 Å². The molecular formula is C12H16ClN3O. The van der Waals surface area contributed by atoms with Crippen LogP contribution < -0.4 is 11.1 Å². The van der Waals surface area contributed by atoms with Gasteiger partial charge in [-0.3, -0.25) is 0 Å². The Morgan fingerprint density at radius 1 is 1.59 bits per heavy atom. The normalized spacial score (nSPS) is 11.5. The maximum atomic E-state index is 8.55. The molecule has 0 bridgehead atoms. The number of nitrogens with zero attached hydrogens (tertiary/aromatic N) is 1. The van der Waals surface area contributed by atoms with Crippen LogP contribution in [0.2, 0.25) is 5.02 Å². The van der Waals surface area contributed by atoms with Gasteiger partial charge in [-0.2, -0.15) is 0 Å². The Morgan fingerprint density at radius 3 is 2.82 bits per heavy atom. The van der Waals surface area contributed by atoms with Gasteiger partial charge in [0.15, 0.2) is 5.84 Å². The molecule has 0 spiro atoms. The van der Waals surface area contributed by atoms with Crippen molar-refractivity contribution in [2.75, 3.05) is 6.54 Å². The van der Waals surface area contributed by atoms with Crippen LogP contribution in [0.5, 0.6) is 0 Å². The monoisotopic (exact) mass is 253 g/mol. The first-order valence-electron chi connectivity index (χ1n) is 5.16. The molecule has 4 N–H and O–H groups in total. The van der Waals surface area contributed by atoms with E-state index in [4.69, 9.17) is 22.5 Å². The molecule has 17 heavy (non-hydrogen) atoms. The van der Waals surface area contributed by atoms with Crippen molar-refractivity contribution >= 4 is 17.4 Å². The summed E-state index contributed by atoms with van der Waals surface area (Å²) < 4.78 is 0. The van der Waals surface area contributed by atoms with Crippen LogP contribution in [0.3, 0.4) is 0 Å². The lowest BCUT2D eigenvalue weighted by Crippen LogP contribution is -2.16. The zero-order valence-electron chi connectivity index (χ0n) is 9.70. The summed E-state index contributed by atoms with van der Waals surface area (Å²) in [6.07, 6.45) is 0. The fourth-order valence-corrected chi connectivity index (χ4v) is 1.57. The molecule has 0 aliphatic heterocycles. The van der Waals surface area contributed by atoms with Crippen molar-refractivity contribution in [3.63, 3.8) is 0 Å². The van der Waals surface area contributed by atoms with Gasteiger partial charge < -0.3 is 16.3 Å². The first kappa shape index (κ1) is 13.5. The van der Waals surface area contributed by atoms with Crippen molar-refractivity contribution in [3.05, 3.63) is 46.5 Å². The van der Waals surface area contributed by atoms with Gasteiger partial charge in [-0.15, -0.1) is 0 Å². The summed E-state index contributed by atoms with van der Waals surface area (Å²) in [5.74, 6) is 0.0494. The van der Waals surface area contributed by atoms with Gasteiger partial charge in [0.1, 0.15) is 0 Å². The summed E-state index contributed by atoms with van der Waals surface area (Å²) in [4.78, 5) is 0. The van der Waals surface area contributed by atoms with E-state index in [0.29, 0.717) is 17.1 Å². The van der Waals surface area contributed by atoms with Crippen LogP contribution in [0.15, 0.2) is 35.5 Å². The molecule has 1 aromatic carbocycles. The Balaban J connectivity index is 2.73. The standard InChI is InChI=1S/C12H16ClN3O/c1-8(2)6-15-7-10-4-3-9(5-11(10)13)12(14)16-17/h3-5,15,17H,1,6-7H2,2H3,(H2,14,16). The summed E-state index contributed by atoms with van der Waals surface area (Å²) in [6.45, 7) is 7.16. The molecule has 0 aromatic heterocycles. The van der Waals surface area contributed by atoms with E-state index < -0.39 is 0 Å². The van der Waals surface area contributed by atoms with E-state index in [1.165, 1.54) is 0 Å². The molecule has 0 fully saturated rings. The number of nitrogens with two attached hydrogens (primary N) is 1. The SMILES string of the molecule is C=C(C)CNCc1ccc(/C(N)=N/O)cc1Cl. The molecule has 92 valence electrons. The number of halogens is 1. The van der Waals surface area contributed by atoms with Crippen molar-refractivity contribution in [1.29, 1.82) is 0 Å². The zero-order valence-corrected chi connectivity index (χ0v) is 10.5. The first-order chi connectivity index (χ1) is 8.04. The smallest absolute Gasteiger partial charge is 0.170 e. The van der Waals surface area contributed by atoms with Gasteiger partial charge in [0, 0.05) is 23.7 Å². The Kier molecular flexibility index (Phi) is 5.00. The number of oxime groups is 1. The Bertz CT molecular complexity index is 443. The topological polar surface area (TPSA) is 70.6 Å². The van der Waals surface area contributed by atoms with Crippen molar-refractivity contribution in [3.8, 4) is 0 Å². The third-order valence-electron chi connectivity index (χ3n) is 2.20. The van der Waals surface area contributed by atoms with Crippen LogP contribution in [-0.4, -0.2) is 17.6 Å². The third kappa shape index (κ3) is 4.09. The molecule has 0 atom stereocenters. The number of benzene rings is 1. The highest BCUT2D eigenvalue weighted by Crippen LogP contribution is 2.17. The fourth-order valence-electron chi connectivity index (χ4n) is 1.32. The number of hydrogen-bond donors (Lipinski definition) is 3. The molecule has 4 nitrogen and oxygen atoms in total. The maximum absolute atomic E-state index is 8.55. The van der Waals surface area contributed by atoms with E-state index in [0.717, 1.165) is 17.7 Å². The largest absolute Gasteiger partial charge is 0.409 e. The Hall–Kier alpha value is -1.52. The van der Waals surface area contributed by atoms with Crippen LogP contribution in [0.1, 0.15) is 18.1 Å². The lowest BCUT2D eigenvalue weighted by molar-refractivity contribution is 0.318. The highest BCUT2D eigenvalue weighted by Gasteiger charge is 2.04. The van der Waals surface area contributed by atoms with Gasteiger partial charge in [0.2, 0.25) is 0 Å². The number of amidine groups is 1. The molecule has 1 rings (SSSR count). The number of hydrogen-bond acceptors (Lipinski definition) is 3. The minimum absolute atomic E-state index is 0.0494. The summed E-state index contributed by atoms with van der Waals surface area (Å²) in [5.41, 5.74) is 8.09. The lowest BCUT2D eigenvalue weighted by Gasteiger charge is -2.08. The van der Waals surface area contributed by atoms with E-state index in [9.17, 15) is 0 Å². The van der Waals surface area contributed by atoms with Crippen LogP contribution >= 0.6 is 11.6 Å². The predicted octanol–water partition coefficient (Wildman–Crippen LogP) is 2.10. The molecule has 0 saturated carbocycles. The molecule has 0 aliphatic rings. The quantitative estimate of drug-likeness (QED) is 0.247. The average Bonchev–Trinajstić information content (AvgIpc) is 2.29. The minimum atomic E-state index is 0.0494. The molecule has 0 saturated heterocycles. The average molecular weight is 254 g/mol. The zero-order chi connectivity index (χ0) is 12.8. The second-order valence-electron chi connectivity index (χ2n) is 3.85. The maximum Gasteiger partial charge on any atom is 0.170 e. The van der Waals surface area contributed by atoms with Crippen molar-refractivity contribution in [1.82, 2.24) is 5.32 Å². The van der Waals surface area contributed by atoms with Gasteiger partial charge in [-0.25, -0.2) is 0 Å². The van der Waals surface area contributed by atoms with Crippen molar-refractivity contribution in [2.24, 2.45) is 10.9 Å². The van der Waals surface area contributed by atoms with E-state index in [1.54, 1.807) is 12.1 Å². The summed E-state index contributed by atoms with van der Waals surface area (Å²) in [6, 6.07) is 5.29. The molecule has 0 radical (unpaired) electrons.